The van der Waals surface area contributed by atoms with Gasteiger partial charge in [0.05, 0.1) is 11.4 Å². The number of thioether (sulfide) groups is 1. The molecule has 0 bridgehead atoms. The average Bonchev–Trinajstić information content (AvgIpc) is 3.43. The molecule has 0 aliphatic carbocycles. The zero-order chi connectivity index (χ0) is 25.4. The summed E-state index contributed by atoms with van der Waals surface area (Å²) in [4.78, 5) is 9.23. The van der Waals surface area contributed by atoms with Gasteiger partial charge in [0.25, 0.3) is 0 Å². The van der Waals surface area contributed by atoms with Gasteiger partial charge in [-0.05, 0) is 77.9 Å². The van der Waals surface area contributed by atoms with E-state index in [1.165, 1.54) is 23.3 Å². The van der Waals surface area contributed by atoms with Crippen molar-refractivity contribution in [2.75, 3.05) is 32.1 Å². The van der Waals surface area contributed by atoms with Crippen LogP contribution in [0.15, 0.2) is 54.1 Å². The molecule has 1 aromatic carbocycles. The van der Waals surface area contributed by atoms with Crippen LogP contribution in [0.2, 0.25) is 0 Å². The number of ether oxygens (including phenoxy) is 1. The fourth-order valence-corrected chi connectivity index (χ4v) is 5.87. The van der Waals surface area contributed by atoms with Gasteiger partial charge in [0.15, 0.2) is 5.50 Å². The number of pyridine rings is 1. The van der Waals surface area contributed by atoms with E-state index in [0.29, 0.717) is 0 Å². The third kappa shape index (κ3) is 4.79. The Balaban J connectivity index is 1.41. The highest BCUT2D eigenvalue weighted by molar-refractivity contribution is 8.03. The first kappa shape index (κ1) is 24.6. The summed E-state index contributed by atoms with van der Waals surface area (Å²) >= 11 is 1.65. The molecule has 0 radical (unpaired) electrons. The molecule has 1 unspecified atom stereocenters. The van der Waals surface area contributed by atoms with Crippen LogP contribution in [0.1, 0.15) is 30.2 Å². The van der Waals surface area contributed by atoms with Crippen molar-refractivity contribution in [2.45, 2.75) is 31.6 Å². The Morgan fingerprint density at radius 3 is 2.58 bits per heavy atom. The van der Waals surface area contributed by atoms with E-state index in [0.717, 1.165) is 54.4 Å². The summed E-state index contributed by atoms with van der Waals surface area (Å²) in [5.41, 5.74) is 6.18. The minimum atomic E-state index is -4.70. The molecule has 3 aromatic rings. The molecule has 2 aliphatic rings. The minimum absolute atomic E-state index is 0.0435. The lowest BCUT2D eigenvalue weighted by molar-refractivity contribution is -0.274. The topological polar surface area (TPSA) is 45.0 Å². The fraction of sp³-hybridized carbons (Fsp3) is 0.346. The smallest absolute Gasteiger partial charge is 0.406 e. The van der Waals surface area contributed by atoms with Crippen molar-refractivity contribution >= 4 is 34.5 Å². The first-order valence-corrected chi connectivity index (χ1v) is 12.8. The highest BCUT2D eigenvalue weighted by Crippen LogP contribution is 2.40. The van der Waals surface area contributed by atoms with Gasteiger partial charge >= 0.3 is 6.36 Å². The van der Waals surface area contributed by atoms with Gasteiger partial charge in [0.2, 0.25) is 0 Å². The molecular weight excluding hydrogens is 487 g/mol. The van der Waals surface area contributed by atoms with Gasteiger partial charge in [-0.2, -0.15) is 0 Å². The summed E-state index contributed by atoms with van der Waals surface area (Å²) < 4.78 is 43.7. The zero-order valence-electron chi connectivity index (χ0n) is 20.3. The predicted molar refractivity (Wildman–Crippen MR) is 139 cm³/mol. The third-order valence-corrected chi connectivity index (χ3v) is 7.73. The van der Waals surface area contributed by atoms with E-state index in [1.807, 2.05) is 12.5 Å². The third-order valence-electron chi connectivity index (χ3n) is 6.49. The molecule has 0 amide bonds. The Kier molecular flexibility index (Phi) is 6.65. The van der Waals surface area contributed by atoms with E-state index >= 15 is 0 Å². The molecule has 0 spiro atoms. The molecule has 1 N–H and O–H groups in total. The number of benzene rings is 1. The number of nitrogens with zero attached hydrogens (tertiary/aromatic N) is 4. The normalized spacial score (nSPS) is 18.4. The second kappa shape index (κ2) is 9.74. The van der Waals surface area contributed by atoms with E-state index in [9.17, 15) is 13.2 Å². The maximum absolute atomic E-state index is 12.5. The Morgan fingerprint density at radius 2 is 1.92 bits per heavy atom. The van der Waals surface area contributed by atoms with Crippen molar-refractivity contribution in [3.05, 3.63) is 70.9 Å². The number of imidazole rings is 1. The SMILES string of the molecule is CCc1nc2ccc(C3=CCNCC3)cn2c1N(C)C1SC=C(c2ccc(OC(F)(F)F)cc2)N1C. The summed E-state index contributed by atoms with van der Waals surface area (Å²) in [5.74, 6) is 0.809. The summed E-state index contributed by atoms with van der Waals surface area (Å²) in [6.45, 7) is 3.96. The van der Waals surface area contributed by atoms with Crippen LogP contribution in [-0.2, 0) is 6.42 Å². The number of anilines is 1. The van der Waals surface area contributed by atoms with Crippen molar-refractivity contribution in [1.82, 2.24) is 19.6 Å². The molecule has 2 aliphatic heterocycles. The number of fused-ring (bicyclic) bond motifs is 1. The lowest BCUT2D eigenvalue weighted by Crippen LogP contribution is -2.39. The molecule has 2 aromatic heterocycles. The first-order valence-electron chi connectivity index (χ1n) is 11.8. The summed E-state index contributed by atoms with van der Waals surface area (Å²) in [5, 5.41) is 5.40. The van der Waals surface area contributed by atoms with E-state index in [2.05, 4.69) is 62.6 Å². The molecule has 10 heteroatoms. The summed E-state index contributed by atoms with van der Waals surface area (Å²) in [7, 11) is 4.05. The summed E-state index contributed by atoms with van der Waals surface area (Å²) in [6, 6.07) is 10.2. The maximum atomic E-state index is 12.5. The van der Waals surface area contributed by atoms with Crippen molar-refractivity contribution in [1.29, 1.82) is 0 Å². The highest BCUT2D eigenvalue weighted by atomic mass is 32.2. The van der Waals surface area contributed by atoms with Crippen LogP contribution in [-0.4, -0.2) is 53.3 Å². The Morgan fingerprint density at radius 1 is 1.17 bits per heavy atom. The minimum Gasteiger partial charge on any atom is -0.406 e. The Hall–Kier alpha value is -3.11. The molecule has 0 saturated carbocycles. The summed E-state index contributed by atoms with van der Waals surface area (Å²) in [6.07, 6.45) is 1.51. The van der Waals surface area contributed by atoms with Crippen LogP contribution in [0.3, 0.4) is 0 Å². The van der Waals surface area contributed by atoms with Gasteiger partial charge in [-0.1, -0.05) is 24.8 Å². The van der Waals surface area contributed by atoms with E-state index in [-0.39, 0.29) is 11.2 Å². The van der Waals surface area contributed by atoms with Crippen molar-refractivity contribution in [3.63, 3.8) is 0 Å². The van der Waals surface area contributed by atoms with E-state index < -0.39 is 6.36 Å². The van der Waals surface area contributed by atoms with Crippen LogP contribution in [0.5, 0.6) is 5.75 Å². The lowest BCUT2D eigenvalue weighted by Gasteiger charge is -2.33. The number of alkyl halides is 3. The van der Waals surface area contributed by atoms with Crippen LogP contribution in [0.4, 0.5) is 19.0 Å². The first-order chi connectivity index (χ1) is 17.2. The van der Waals surface area contributed by atoms with E-state index in [1.54, 1.807) is 23.9 Å². The number of hydrogen-bond donors (Lipinski definition) is 1. The standard InChI is InChI=1S/C26H28F3N5OS/c1-4-21-24(34-15-19(7-10-23(34)31-21)17-11-13-30-14-12-17)33(3)25-32(2)22(16-36-25)18-5-8-20(9-6-18)35-26(27,28)29/h5-11,15-16,25,30H,4,12-14H2,1-3H3. The Labute approximate surface area is 212 Å². The van der Waals surface area contributed by atoms with Gasteiger partial charge < -0.3 is 19.9 Å². The number of hydrogen-bond acceptors (Lipinski definition) is 6. The molecule has 4 heterocycles. The lowest BCUT2D eigenvalue weighted by atomic mass is 10.0. The van der Waals surface area contributed by atoms with Gasteiger partial charge in [-0.3, -0.25) is 4.40 Å². The van der Waals surface area contributed by atoms with Crippen molar-refractivity contribution < 1.29 is 17.9 Å². The highest BCUT2D eigenvalue weighted by Gasteiger charge is 2.33. The van der Waals surface area contributed by atoms with Gasteiger partial charge in [-0.25, -0.2) is 4.98 Å². The molecule has 6 nitrogen and oxygen atoms in total. The van der Waals surface area contributed by atoms with Gasteiger partial charge in [-0.15, -0.1) is 13.2 Å². The molecule has 190 valence electrons. The zero-order valence-corrected chi connectivity index (χ0v) is 21.2. The number of rotatable bonds is 6. The Bertz CT molecular complexity index is 1320. The second-order valence-corrected chi connectivity index (χ2v) is 9.75. The van der Waals surface area contributed by atoms with Crippen LogP contribution < -0.4 is 15.0 Å². The van der Waals surface area contributed by atoms with Gasteiger partial charge in [0, 0.05) is 26.8 Å². The quantitative estimate of drug-likeness (QED) is 0.463. The van der Waals surface area contributed by atoms with Gasteiger partial charge in [0.1, 0.15) is 17.2 Å². The number of nitrogens with one attached hydrogen (secondary N) is 1. The predicted octanol–water partition coefficient (Wildman–Crippen LogP) is 5.57. The molecule has 36 heavy (non-hydrogen) atoms. The van der Waals surface area contributed by atoms with E-state index in [4.69, 9.17) is 4.98 Å². The van der Waals surface area contributed by atoms with Crippen LogP contribution in [0, 0.1) is 0 Å². The number of aromatic nitrogens is 2. The van der Waals surface area contributed by atoms with Crippen LogP contribution in [0.25, 0.3) is 16.9 Å². The molecule has 1 atom stereocenters. The number of aryl methyl sites for hydroxylation is 1. The second-order valence-electron chi connectivity index (χ2n) is 8.82. The average molecular weight is 516 g/mol. The number of halogens is 3. The van der Waals surface area contributed by atoms with Crippen molar-refractivity contribution in [3.8, 4) is 5.75 Å². The van der Waals surface area contributed by atoms with Crippen LogP contribution >= 0.6 is 11.8 Å². The maximum Gasteiger partial charge on any atom is 0.573 e. The monoisotopic (exact) mass is 515 g/mol. The fourth-order valence-electron chi connectivity index (χ4n) is 4.74. The largest absolute Gasteiger partial charge is 0.573 e. The van der Waals surface area contributed by atoms with Crippen molar-refractivity contribution in [2.24, 2.45) is 0 Å². The molecule has 0 saturated heterocycles. The molecule has 5 rings (SSSR count). The molecular formula is C26H28F3N5OS. The molecule has 0 fully saturated rings.